The summed E-state index contributed by atoms with van der Waals surface area (Å²) in [5.41, 5.74) is 3.95. The highest BCUT2D eigenvalue weighted by Crippen LogP contribution is 2.15. The SMILES string of the molecule is Cc1ccc(C)c(CN(C)CC(=O)Nc2ccccc2C(=O)O)c1. The molecule has 0 aliphatic rings. The second-order valence-electron chi connectivity index (χ2n) is 6.00. The molecule has 0 heterocycles. The van der Waals surface area contributed by atoms with Gasteiger partial charge in [0, 0.05) is 6.54 Å². The molecule has 1 amide bonds. The van der Waals surface area contributed by atoms with E-state index in [4.69, 9.17) is 5.11 Å². The number of carboxylic acids is 1. The molecule has 0 unspecified atom stereocenters. The Labute approximate surface area is 141 Å². The van der Waals surface area contributed by atoms with E-state index in [1.807, 2.05) is 25.8 Å². The standard InChI is InChI=1S/C19H22N2O3/c1-13-8-9-14(2)15(10-13)11-21(3)12-18(22)20-17-7-5-4-6-16(17)19(23)24/h4-10H,11-12H2,1-3H3,(H,20,22)(H,23,24). The number of carbonyl (C=O) groups is 2. The maximum absolute atomic E-state index is 12.2. The molecule has 2 aromatic rings. The van der Waals surface area contributed by atoms with Crippen molar-refractivity contribution in [3.05, 3.63) is 64.7 Å². The first-order valence-corrected chi connectivity index (χ1v) is 7.73. The molecule has 0 radical (unpaired) electrons. The number of amides is 1. The van der Waals surface area contributed by atoms with Gasteiger partial charge in [-0.1, -0.05) is 35.9 Å². The number of aryl methyl sites for hydroxylation is 2. The van der Waals surface area contributed by atoms with Crippen molar-refractivity contribution < 1.29 is 14.7 Å². The summed E-state index contributed by atoms with van der Waals surface area (Å²) in [6, 6.07) is 12.6. The van der Waals surface area contributed by atoms with Crippen LogP contribution in [0.15, 0.2) is 42.5 Å². The van der Waals surface area contributed by atoms with Crippen molar-refractivity contribution in [1.29, 1.82) is 0 Å². The van der Waals surface area contributed by atoms with Crippen LogP contribution in [0.2, 0.25) is 0 Å². The number of hydrogen-bond donors (Lipinski definition) is 2. The van der Waals surface area contributed by atoms with Gasteiger partial charge in [-0.2, -0.15) is 0 Å². The third kappa shape index (κ3) is 4.67. The van der Waals surface area contributed by atoms with Crippen LogP contribution in [-0.4, -0.2) is 35.5 Å². The van der Waals surface area contributed by atoms with Gasteiger partial charge in [-0.25, -0.2) is 4.79 Å². The fourth-order valence-electron chi connectivity index (χ4n) is 2.53. The fraction of sp³-hybridized carbons (Fsp3) is 0.263. The molecular formula is C19H22N2O3. The molecule has 126 valence electrons. The number of nitrogens with zero attached hydrogens (tertiary/aromatic N) is 1. The number of likely N-dealkylation sites (N-methyl/N-ethyl adjacent to an activating group) is 1. The summed E-state index contributed by atoms with van der Waals surface area (Å²) in [6.45, 7) is 4.92. The van der Waals surface area contributed by atoms with E-state index in [0.29, 0.717) is 12.2 Å². The van der Waals surface area contributed by atoms with Crippen LogP contribution in [-0.2, 0) is 11.3 Å². The average molecular weight is 326 g/mol. The van der Waals surface area contributed by atoms with Crippen molar-refractivity contribution in [3.63, 3.8) is 0 Å². The summed E-state index contributed by atoms with van der Waals surface area (Å²) < 4.78 is 0. The average Bonchev–Trinajstić information content (AvgIpc) is 2.51. The smallest absolute Gasteiger partial charge is 0.337 e. The summed E-state index contributed by atoms with van der Waals surface area (Å²) in [5.74, 6) is -1.30. The molecule has 0 saturated heterocycles. The molecule has 2 N–H and O–H groups in total. The Morgan fingerprint density at radius 2 is 1.83 bits per heavy atom. The zero-order valence-corrected chi connectivity index (χ0v) is 14.2. The summed E-state index contributed by atoms with van der Waals surface area (Å²) in [5, 5.41) is 11.8. The van der Waals surface area contributed by atoms with Gasteiger partial charge >= 0.3 is 5.97 Å². The fourth-order valence-corrected chi connectivity index (χ4v) is 2.53. The Morgan fingerprint density at radius 3 is 2.54 bits per heavy atom. The number of carboxylic acid groups (broad SMARTS) is 1. The lowest BCUT2D eigenvalue weighted by Gasteiger charge is -2.18. The lowest BCUT2D eigenvalue weighted by molar-refractivity contribution is -0.117. The van der Waals surface area contributed by atoms with E-state index in [1.54, 1.807) is 18.2 Å². The number of aromatic carboxylic acids is 1. The van der Waals surface area contributed by atoms with Crippen LogP contribution in [0.4, 0.5) is 5.69 Å². The van der Waals surface area contributed by atoms with Crippen LogP contribution in [0.1, 0.15) is 27.0 Å². The van der Waals surface area contributed by atoms with Crippen LogP contribution >= 0.6 is 0 Å². The first kappa shape index (κ1) is 17.7. The number of anilines is 1. The van der Waals surface area contributed by atoms with Crippen LogP contribution < -0.4 is 5.32 Å². The highest BCUT2D eigenvalue weighted by Gasteiger charge is 2.13. The van der Waals surface area contributed by atoms with Gasteiger partial charge in [-0.15, -0.1) is 0 Å². The number of nitrogens with one attached hydrogen (secondary N) is 1. The highest BCUT2D eigenvalue weighted by atomic mass is 16.4. The number of rotatable bonds is 6. The molecule has 0 spiro atoms. The van der Waals surface area contributed by atoms with E-state index in [1.165, 1.54) is 22.8 Å². The minimum absolute atomic E-state index is 0.0861. The van der Waals surface area contributed by atoms with Crippen molar-refractivity contribution in [2.75, 3.05) is 18.9 Å². The minimum atomic E-state index is -1.06. The van der Waals surface area contributed by atoms with E-state index in [-0.39, 0.29) is 18.0 Å². The third-order valence-electron chi connectivity index (χ3n) is 3.79. The van der Waals surface area contributed by atoms with Gasteiger partial charge in [0.05, 0.1) is 17.8 Å². The molecule has 0 atom stereocenters. The Hall–Kier alpha value is -2.66. The zero-order chi connectivity index (χ0) is 17.7. The maximum Gasteiger partial charge on any atom is 0.337 e. The van der Waals surface area contributed by atoms with Gasteiger partial charge in [0.25, 0.3) is 0 Å². The summed E-state index contributed by atoms with van der Waals surface area (Å²) in [7, 11) is 1.87. The van der Waals surface area contributed by atoms with Gasteiger partial charge in [0.2, 0.25) is 5.91 Å². The minimum Gasteiger partial charge on any atom is -0.478 e. The number of hydrogen-bond acceptors (Lipinski definition) is 3. The van der Waals surface area contributed by atoms with Crippen molar-refractivity contribution >= 4 is 17.6 Å². The van der Waals surface area contributed by atoms with Gasteiger partial charge in [-0.05, 0) is 44.2 Å². The van der Waals surface area contributed by atoms with Crippen LogP contribution in [0, 0.1) is 13.8 Å². The lowest BCUT2D eigenvalue weighted by Crippen LogP contribution is -2.30. The molecule has 2 aromatic carbocycles. The second-order valence-corrected chi connectivity index (χ2v) is 6.00. The zero-order valence-electron chi connectivity index (χ0n) is 14.2. The molecule has 0 bridgehead atoms. The predicted molar refractivity (Wildman–Crippen MR) is 94.3 cm³/mol. The van der Waals surface area contributed by atoms with Gasteiger partial charge in [0.15, 0.2) is 0 Å². The Kier molecular flexibility index (Phi) is 5.71. The monoisotopic (exact) mass is 326 g/mol. The Balaban J connectivity index is 2.00. The molecule has 5 nitrogen and oxygen atoms in total. The van der Waals surface area contributed by atoms with Crippen molar-refractivity contribution in [1.82, 2.24) is 4.90 Å². The molecule has 5 heteroatoms. The largest absolute Gasteiger partial charge is 0.478 e. The third-order valence-corrected chi connectivity index (χ3v) is 3.79. The normalized spacial score (nSPS) is 10.7. The van der Waals surface area contributed by atoms with E-state index in [0.717, 1.165) is 0 Å². The predicted octanol–water partition coefficient (Wildman–Crippen LogP) is 3.07. The Bertz CT molecular complexity index is 756. The molecule has 0 saturated carbocycles. The van der Waals surface area contributed by atoms with Gasteiger partial charge in [-0.3, -0.25) is 9.69 Å². The topological polar surface area (TPSA) is 69.6 Å². The summed E-state index contributed by atoms with van der Waals surface area (Å²) >= 11 is 0. The van der Waals surface area contributed by atoms with Crippen LogP contribution in [0.3, 0.4) is 0 Å². The van der Waals surface area contributed by atoms with Gasteiger partial charge < -0.3 is 10.4 Å². The second kappa shape index (κ2) is 7.75. The van der Waals surface area contributed by atoms with Gasteiger partial charge in [0.1, 0.15) is 0 Å². The summed E-state index contributed by atoms with van der Waals surface area (Å²) in [6.07, 6.45) is 0. The molecule has 24 heavy (non-hydrogen) atoms. The lowest BCUT2D eigenvalue weighted by atomic mass is 10.1. The van der Waals surface area contributed by atoms with E-state index in [2.05, 4.69) is 23.5 Å². The van der Waals surface area contributed by atoms with E-state index >= 15 is 0 Å². The number of carbonyl (C=O) groups excluding carboxylic acids is 1. The number of benzene rings is 2. The highest BCUT2D eigenvalue weighted by molar-refractivity contribution is 6.01. The van der Waals surface area contributed by atoms with Crippen molar-refractivity contribution in [2.24, 2.45) is 0 Å². The van der Waals surface area contributed by atoms with E-state index < -0.39 is 5.97 Å². The van der Waals surface area contributed by atoms with E-state index in [9.17, 15) is 9.59 Å². The van der Waals surface area contributed by atoms with Crippen molar-refractivity contribution in [2.45, 2.75) is 20.4 Å². The molecular weight excluding hydrogens is 304 g/mol. The van der Waals surface area contributed by atoms with Crippen molar-refractivity contribution in [3.8, 4) is 0 Å². The first-order valence-electron chi connectivity index (χ1n) is 7.73. The molecule has 0 aliphatic carbocycles. The first-order chi connectivity index (χ1) is 11.4. The maximum atomic E-state index is 12.2. The quantitative estimate of drug-likeness (QED) is 0.856. The number of para-hydroxylation sites is 1. The Morgan fingerprint density at radius 1 is 1.12 bits per heavy atom. The molecule has 0 aromatic heterocycles. The summed E-state index contributed by atoms with van der Waals surface area (Å²) in [4.78, 5) is 25.3. The molecule has 0 aliphatic heterocycles. The van der Waals surface area contributed by atoms with Crippen LogP contribution in [0.25, 0.3) is 0 Å². The molecule has 0 fully saturated rings. The van der Waals surface area contributed by atoms with Crippen LogP contribution in [0.5, 0.6) is 0 Å². The molecule has 2 rings (SSSR count).